The minimum Gasteiger partial charge on any atom is -0.383 e. The maximum atomic E-state index is 10.6. The van der Waals surface area contributed by atoms with Gasteiger partial charge in [0.2, 0.25) is 11.9 Å². The molecule has 0 radical (unpaired) electrons. The average molecular weight is 187 g/mol. The molecule has 0 unspecified atom stereocenters. The molecule has 0 spiro atoms. The molecule has 0 aliphatic heterocycles. The molecule has 0 saturated heterocycles. The van der Waals surface area contributed by atoms with E-state index >= 15 is 0 Å². The zero-order chi connectivity index (χ0) is 9.14. The standard InChI is InChI=1S/C6H7ClN4O/c1-3(12)9-6-10-4(7)2-5(8)11-6/h2H,1H3,(H3,8,9,10,11,12). The molecule has 64 valence electrons. The Morgan fingerprint density at radius 3 is 2.83 bits per heavy atom. The van der Waals surface area contributed by atoms with Crippen molar-refractivity contribution < 1.29 is 4.79 Å². The molecule has 1 rings (SSSR count). The Bertz CT molecular complexity index is 294. The van der Waals surface area contributed by atoms with E-state index in [0.29, 0.717) is 0 Å². The van der Waals surface area contributed by atoms with Gasteiger partial charge >= 0.3 is 0 Å². The Balaban J connectivity index is 2.93. The molecule has 5 nitrogen and oxygen atoms in total. The van der Waals surface area contributed by atoms with E-state index in [1.165, 1.54) is 13.0 Å². The zero-order valence-corrected chi connectivity index (χ0v) is 7.09. The summed E-state index contributed by atoms with van der Waals surface area (Å²) in [5.41, 5.74) is 5.35. The Hall–Kier alpha value is -1.36. The number of amides is 1. The van der Waals surface area contributed by atoms with Gasteiger partial charge in [-0.2, -0.15) is 4.98 Å². The minimum atomic E-state index is -0.267. The number of aromatic nitrogens is 2. The van der Waals surface area contributed by atoms with Crippen molar-refractivity contribution in [2.24, 2.45) is 0 Å². The maximum Gasteiger partial charge on any atom is 0.232 e. The number of carbonyl (C=O) groups excluding carboxylic acids is 1. The van der Waals surface area contributed by atoms with Crippen LogP contribution in [-0.4, -0.2) is 15.9 Å². The first-order chi connectivity index (χ1) is 5.58. The molecule has 0 bridgehead atoms. The molecule has 0 aromatic carbocycles. The highest BCUT2D eigenvalue weighted by Gasteiger charge is 2.01. The first-order valence-electron chi connectivity index (χ1n) is 3.15. The van der Waals surface area contributed by atoms with Crippen molar-refractivity contribution in [1.29, 1.82) is 0 Å². The van der Waals surface area contributed by atoms with E-state index in [4.69, 9.17) is 17.3 Å². The quantitative estimate of drug-likeness (QED) is 0.632. The fraction of sp³-hybridized carbons (Fsp3) is 0.167. The molecule has 3 N–H and O–H groups in total. The molecule has 12 heavy (non-hydrogen) atoms. The van der Waals surface area contributed by atoms with Crippen molar-refractivity contribution in [3.05, 3.63) is 11.2 Å². The Morgan fingerprint density at radius 2 is 2.33 bits per heavy atom. The van der Waals surface area contributed by atoms with E-state index in [9.17, 15) is 4.79 Å². The fourth-order valence-electron chi connectivity index (χ4n) is 0.648. The molecule has 0 atom stereocenters. The predicted molar refractivity (Wildman–Crippen MR) is 45.8 cm³/mol. The lowest BCUT2D eigenvalue weighted by molar-refractivity contribution is -0.114. The van der Waals surface area contributed by atoms with Crippen LogP contribution in [0.5, 0.6) is 0 Å². The number of rotatable bonds is 1. The Morgan fingerprint density at radius 1 is 1.67 bits per heavy atom. The van der Waals surface area contributed by atoms with E-state index in [1.807, 2.05) is 0 Å². The highest BCUT2D eigenvalue weighted by atomic mass is 35.5. The molecule has 0 aliphatic rings. The van der Waals surface area contributed by atoms with Crippen LogP contribution in [0.4, 0.5) is 11.8 Å². The highest BCUT2D eigenvalue weighted by Crippen LogP contribution is 2.10. The lowest BCUT2D eigenvalue weighted by Crippen LogP contribution is -2.10. The summed E-state index contributed by atoms with van der Waals surface area (Å²) in [6.45, 7) is 1.35. The number of hydrogen-bond donors (Lipinski definition) is 2. The van der Waals surface area contributed by atoms with Gasteiger partial charge in [-0.15, -0.1) is 0 Å². The van der Waals surface area contributed by atoms with Gasteiger partial charge in [-0.25, -0.2) is 4.98 Å². The van der Waals surface area contributed by atoms with Gasteiger partial charge in [0, 0.05) is 13.0 Å². The van der Waals surface area contributed by atoms with Crippen molar-refractivity contribution in [3.8, 4) is 0 Å². The van der Waals surface area contributed by atoms with Crippen LogP contribution in [-0.2, 0) is 4.79 Å². The molecular formula is C6H7ClN4O. The number of nitrogens with one attached hydrogen (secondary N) is 1. The third-order valence-electron chi connectivity index (χ3n) is 1.00. The summed E-state index contributed by atoms with van der Waals surface area (Å²) in [6.07, 6.45) is 0. The molecule has 1 heterocycles. The van der Waals surface area contributed by atoms with Gasteiger partial charge in [-0.1, -0.05) is 11.6 Å². The largest absolute Gasteiger partial charge is 0.383 e. The SMILES string of the molecule is CC(=O)Nc1nc(N)cc(Cl)n1. The Kier molecular flexibility index (Phi) is 2.44. The van der Waals surface area contributed by atoms with Crippen LogP contribution in [0.15, 0.2) is 6.07 Å². The monoisotopic (exact) mass is 186 g/mol. The second-order valence-corrected chi connectivity index (χ2v) is 2.51. The smallest absolute Gasteiger partial charge is 0.232 e. The number of nitrogen functional groups attached to an aromatic ring is 1. The molecule has 1 aromatic rings. The number of nitrogens with two attached hydrogens (primary N) is 1. The summed E-state index contributed by atoms with van der Waals surface area (Å²) in [5, 5.41) is 2.56. The molecular weight excluding hydrogens is 180 g/mol. The van der Waals surface area contributed by atoms with Crippen molar-refractivity contribution >= 4 is 29.3 Å². The van der Waals surface area contributed by atoms with Crippen LogP contribution in [0.3, 0.4) is 0 Å². The molecule has 0 aliphatic carbocycles. The number of halogens is 1. The van der Waals surface area contributed by atoms with E-state index in [2.05, 4.69) is 15.3 Å². The van der Waals surface area contributed by atoms with Gasteiger partial charge < -0.3 is 5.73 Å². The maximum absolute atomic E-state index is 10.6. The van der Waals surface area contributed by atoms with E-state index in [1.54, 1.807) is 0 Å². The van der Waals surface area contributed by atoms with Crippen LogP contribution in [0, 0.1) is 0 Å². The van der Waals surface area contributed by atoms with Crippen molar-refractivity contribution in [3.63, 3.8) is 0 Å². The number of carbonyl (C=O) groups is 1. The predicted octanol–water partition coefficient (Wildman–Crippen LogP) is 0.671. The molecule has 1 amide bonds. The van der Waals surface area contributed by atoms with Gasteiger partial charge in [0.1, 0.15) is 11.0 Å². The van der Waals surface area contributed by atoms with Gasteiger partial charge in [-0.3, -0.25) is 10.1 Å². The van der Waals surface area contributed by atoms with Crippen LogP contribution in [0.2, 0.25) is 5.15 Å². The zero-order valence-electron chi connectivity index (χ0n) is 6.34. The summed E-state index contributed by atoms with van der Waals surface area (Å²) in [4.78, 5) is 18.0. The van der Waals surface area contributed by atoms with Crippen molar-refractivity contribution in [1.82, 2.24) is 9.97 Å². The normalized spacial score (nSPS) is 9.50. The Labute approximate surface area is 74.0 Å². The van der Waals surface area contributed by atoms with Crippen LogP contribution < -0.4 is 11.1 Å². The van der Waals surface area contributed by atoms with Crippen LogP contribution >= 0.6 is 11.6 Å². The van der Waals surface area contributed by atoms with Crippen molar-refractivity contribution in [2.45, 2.75) is 6.92 Å². The topological polar surface area (TPSA) is 80.9 Å². The number of hydrogen-bond acceptors (Lipinski definition) is 4. The van der Waals surface area contributed by atoms with Gasteiger partial charge in [-0.05, 0) is 0 Å². The average Bonchev–Trinajstić information content (AvgIpc) is 1.81. The molecule has 1 aromatic heterocycles. The summed E-state index contributed by atoms with van der Waals surface area (Å²) < 4.78 is 0. The first-order valence-corrected chi connectivity index (χ1v) is 3.53. The van der Waals surface area contributed by atoms with Gasteiger partial charge in [0.15, 0.2) is 0 Å². The summed E-state index contributed by atoms with van der Waals surface area (Å²) in [7, 11) is 0. The third kappa shape index (κ3) is 2.35. The summed E-state index contributed by atoms with van der Waals surface area (Å²) in [6, 6.07) is 1.40. The second kappa shape index (κ2) is 3.36. The summed E-state index contributed by atoms with van der Waals surface area (Å²) in [5.74, 6) is 0.0721. The molecule has 0 fully saturated rings. The van der Waals surface area contributed by atoms with E-state index in [0.717, 1.165) is 0 Å². The van der Waals surface area contributed by atoms with E-state index in [-0.39, 0.29) is 22.8 Å². The van der Waals surface area contributed by atoms with Crippen molar-refractivity contribution in [2.75, 3.05) is 11.1 Å². The first kappa shape index (κ1) is 8.73. The highest BCUT2D eigenvalue weighted by molar-refractivity contribution is 6.29. The molecule has 0 saturated carbocycles. The van der Waals surface area contributed by atoms with Crippen LogP contribution in [0.1, 0.15) is 6.92 Å². The third-order valence-corrected chi connectivity index (χ3v) is 1.20. The van der Waals surface area contributed by atoms with E-state index < -0.39 is 0 Å². The minimum absolute atomic E-state index is 0.118. The number of nitrogens with zero attached hydrogens (tertiary/aromatic N) is 2. The van der Waals surface area contributed by atoms with Gasteiger partial charge in [0.25, 0.3) is 0 Å². The molecule has 6 heteroatoms. The lowest BCUT2D eigenvalue weighted by atomic mass is 10.6. The second-order valence-electron chi connectivity index (χ2n) is 2.12. The van der Waals surface area contributed by atoms with Crippen LogP contribution in [0.25, 0.3) is 0 Å². The van der Waals surface area contributed by atoms with Gasteiger partial charge in [0.05, 0.1) is 0 Å². The lowest BCUT2D eigenvalue weighted by Gasteiger charge is -2.00. The summed E-state index contributed by atoms with van der Waals surface area (Å²) >= 11 is 5.55. The number of anilines is 2. The fourth-order valence-corrected chi connectivity index (χ4v) is 0.840.